The Kier molecular flexibility index (Phi) is 3.77. The Balaban J connectivity index is 3.17. The molecule has 0 fully saturated rings. The minimum atomic E-state index is -3.50. The van der Waals surface area contributed by atoms with Gasteiger partial charge in [-0.1, -0.05) is 0 Å². The molecule has 0 aromatic carbocycles. The zero-order valence-electron chi connectivity index (χ0n) is 10.0. The normalized spacial score (nSPS) is 14.4. The van der Waals surface area contributed by atoms with Crippen LogP contribution in [0.1, 0.15) is 18.4 Å². The van der Waals surface area contributed by atoms with Gasteiger partial charge in [0.05, 0.1) is 0 Å². The molecule has 1 rings (SSSR count). The molecular formula is C10H18N2O3S. The van der Waals surface area contributed by atoms with Gasteiger partial charge in [0.15, 0.2) is 0 Å². The van der Waals surface area contributed by atoms with E-state index in [1.165, 1.54) is 17.4 Å². The fourth-order valence-corrected chi connectivity index (χ4v) is 2.99. The van der Waals surface area contributed by atoms with Crippen molar-refractivity contribution in [3.8, 4) is 0 Å². The average Bonchev–Trinajstić information content (AvgIpc) is 2.56. The van der Waals surface area contributed by atoms with Crippen molar-refractivity contribution in [1.29, 1.82) is 0 Å². The molecule has 1 aromatic heterocycles. The van der Waals surface area contributed by atoms with Crippen molar-refractivity contribution in [2.45, 2.75) is 31.7 Å². The quantitative estimate of drug-likeness (QED) is 0.855. The molecule has 2 N–H and O–H groups in total. The molecule has 0 amide bonds. The van der Waals surface area contributed by atoms with Gasteiger partial charge in [-0.15, -0.1) is 0 Å². The second kappa shape index (κ2) is 4.57. The Bertz CT molecular complexity index is 464. The summed E-state index contributed by atoms with van der Waals surface area (Å²) in [4.78, 5) is 0.216. The van der Waals surface area contributed by atoms with E-state index in [4.69, 9.17) is 10.2 Å². The SMILES string of the molecule is Cc1cc(S(=O)(=O)N(C)C(C)CN)c(C)o1. The van der Waals surface area contributed by atoms with Gasteiger partial charge in [0, 0.05) is 19.6 Å². The topological polar surface area (TPSA) is 76.5 Å². The van der Waals surface area contributed by atoms with E-state index in [-0.39, 0.29) is 17.5 Å². The number of furan rings is 1. The zero-order chi connectivity index (χ0) is 12.5. The summed E-state index contributed by atoms with van der Waals surface area (Å²) in [5.74, 6) is 0.999. The molecule has 16 heavy (non-hydrogen) atoms. The smallest absolute Gasteiger partial charge is 0.246 e. The first kappa shape index (κ1) is 13.2. The third kappa shape index (κ3) is 2.28. The fraction of sp³-hybridized carbons (Fsp3) is 0.600. The van der Waals surface area contributed by atoms with Gasteiger partial charge in [-0.25, -0.2) is 8.42 Å². The summed E-state index contributed by atoms with van der Waals surface area (Å²) in [5.41, 5.74) is 5.46. The number of aryl methyl sites for hydroxylation is 2. The highest BCUT2D eigenvalue weighted by atomic mass is 32.2. The third-order valence-corrected chi connectivity index (χ3v) is 4.69. The number of likely N-dealkylation sites (N-methyl/N-ethyl adjacent to an activating group) is 1. The van der Waals surface area contributed by atoms with Crippen LogP contribution in [0.15, 0.2) is 15.4 Å². The van der Waals surface area contributed by atoms with E-state index in [0.717, 1.165) is 0 Å². The van der Waals surface area contributed by atoms with E-state index in [1.807, 2.05) is 0 Å². The Morgan fingerprint density at radius 2 is 2.06 bits per heavy atom. The highest BCUT2D eigenvalue weighted by molar-refractivity contribution is 7.89. The van der Waals surface area contributed by atoms with Crippen molar-refractivity contribution in [1.82, 2.24) is 4.31 Å². The van der Waals surface area contributed by atoms with Crippen LogP contribution in [0.25, 0.3) is 0 Å². The van der Waals surface area contributed by atoms with Crippen molar-refractivity contribution < 1.29 is 12.8 Å². The maximum atomic E-state index is 12.2. The van der Waals surface area contributed by atoms with Crippen molar-refractivity contribution in [3.63, 3.8) is 0 Å². The first-order valence-electron chi connectivity index (χ1n) is 5.05. The summed E-state index contributed by atoms with van der Waals surface area (Å²) in [6.07, 6.45) is 0. The van der Waals surface area contributed by atoms with Crippen LogP contribution in [-0.4, -0.2) is 32.4 Å². The van der Waals surface area contributed by atoms with Gasteiger partial charge in [0.25, 0.3) is 0 Å². The van der Waals surface area contributed by atoms with Gasteiger partial charge in [-0.3, -0.25) is 0 Å². The largest absolute Gasteiger partial charge is 0.465 e. The molecule has 0 radical (unpaired) electrons. The summed E-state index contributed by atoms with van der Waals surface area (Å²) in [5, 5.41) is 0. The standard InChI is InChI=1S/C10H18N2O3S/c1-7(6-11)12(4)16(13,14)10-5-8(2)15-9(10)3/h5,7H,6,11H2,1-4H3. The highest BCUT2D eigenvalue weighted by Crippen LogP contribution is 2.23. The van der Waals surface area contributed by atoms with Gasteiger partial charge in [0.2, 0.25) is 10.0 Å². The van der Waals surface area contributed by atoms with Crippen molar-refractivity contribution >= 4 is 10.0 Å². The summed E-state index contributed by atoms with van der Waals surface area (Å²) in [6.45, 7) is 5.41. The Morgan fingerprint density at radius 3 is 2.44 bits per heavy atom. The number of sulfonamides is 1. The lowest BCUT2D eigenvalue weighted by Crippen LogP contribution is -2.39. The molecule has 0 saturated heterocycles. The maximum absolute atomic E-state index is 12.2. The molecule has 0 aliphatic heterocycles. The van der Waals surface area contributed by atoms with Gasteiger partial charge in [-0.2, -0.15) is 4.31 Å². The van der Waals surface area contributed by atoms with Crippen molar-refractivity contribution in [3.05, 3.63) is 17.6 Å². The first-order chi connectivity index (χ1) is 7.30. The summed E-state index contributed by atoms with van der Waals surface area (Å²) in [7, 11) is -1.98. The summed E-state index contributed by atoms with van der Waals surface area (Å²) in [6, 6.07) is 1.30. The van der Waals surface area contributed by atoms with Crippen LogP contribution in [0, 0.1) is 13.8 Å². The fourth-order valence-electron chi connectivity index (χ4n) is 1.40. The van der Waals surface area contributed by atoms with E-state index in [9.17, 15) is 8.42 Å². The van der Waals surface area contributed by atoms with E-state index < -0.39 is 10.0 Å². The average molecular weight is 246 g/mol. The molecular weight excluding hydrogens is 228 g/mol. The van der Waals surface area contributed by atoms with E-state index in [0.29, 0.717) is 11.5 Å². The van der Waals surface area contributed by atoms with Crippen LogP contribution in [0.3, 0.4) is 0 Å². The molecule has 1 aromatic rings. The lowest BCUT2D eigenvalue weighted by atomic mass is 10.4. The monoisotopic (exact) mass is 246 g/mol. The summed E-state index contributed by atoms with van der Waals surface area (Å²) >= 11 is 0. The third-order valence-electron chi connectivity index (χ3n) is 2.61. The maximum Gasteiger partial charge on any atom is 0.246 e. The second-order valence-electron chi connectivity index (χ2n) is 3.88. The molecule has 1 atom stereocenters. The molecule has 1 heterocycles. The van der Waals surface area contributed by atoms with Crippen LogP contribution < -0.4 is 5.73 Å². The molecule has 92 valence electrons. The first-order valence-corrected chi connectivity index (χ1v) is 6.49. The highest BCUT2D eigenvalue weighted by Gasteiger charge is 2.28. The molecule has 0 spiro atoms. The van der Waals surface area contributed by atoms with Gasteiger partial charge in [-0.05, 0) is 26.8 Å². The van der Waals surface area contributed by atoms with Crippen molar-refractivity contribution in [2.75, 3.05) is 13.6 Å². The zero-order valence-corrected chi connectivity index (χ0v) is 10.8. The lowest BCUT2D eigenvalue weighted by Gasteiger charge is -2.22. The van der Waals surface area contributed by atoms with Crippen LogP contribution in [-0.2, 0) is 10.0 Å². The Morgan fingerprint density at radius 1 is 1.50 bits per heavy atom. The number of nitrogens with two attached hydrogens (primary N) is 1. The van der Waals surface area contributed by atoms with E-state index in [1.54, 1.807) is 20.8 Å². The van der Waals surface area contributed by atoms with Crippen LogP contribution in [0.4, 0.5) is 0 Å². The minimum absolute atomic E-state index is 0.216. The van der Waals surface area contributed by atoms with E-state index in [2.05, 4.69) is 0 Å². The molecule has 1 unspecified atom stereocenters. The lowest BCUT2D eigenvalue weighted by molar-refractivity contribution is 0.393. The van der Waals surface area contributed by atoms with Crippen LogP contribution in [0.2, 0.25) is 0 Å². The van der Waals surface area contributed by atoms with Crippen LogP contribution >= 0.6 is 0 Å². The van der Waals surface area contributed by atoms with E-state index >= 15 is 0 Å². The van der Waals surface area contributed by atoms with Gasteiger partial charge >= 0.3 is 0 Å². The number of hydrogen-bond donors (Lipinski definition) is 1. The number of rotatable bonds is 4. The van der Waals surface area contributed by atoms with Gasteiger partial charge < -0.3 is 10.2 Å². The number of nitrogens with zero attached hydrogens (tertiary/aromatic N) is 1. The molecule has 0 saturated carbocycles. The molecule has 0 aliphatic carbocycles. The Labute approximate surface area is 96.3 Å². The predicted octanol–water partition coefficient (Wildman–Crippen LogP) is 0.864. The van der Waals surface area contributed by atoms with Gasteiger partial charge in [0.1, 0.15) is 16.4 Å². The molecule has 6 heteroatoms. The van der Waals surface area contributed by atoms with Crippen LogP contribution in [0.5, 0.6) is 0 Å². The predicted molar refractivity (Wildman–Crippen MR) is 61.6 cm³/mol. The Hall–Kier alpha value is -0.850. The summed E-state index contributed by atoms with van der Waals surface area (Å²) < 4.78 is 30.8. The minimum Gasteiger partial charge on any atom is -0.465 e. The second-order valence-corrected chi connectivity index (χ2v) is 5.85. The molecule has 0 aliphatic rings. The number of hydrogen-bond acceptors (Lipinski definition) is 4. The van der Waals surface area contributed by atoms with Crippen molar-refractivity contribution in [2.24, 2.45) is 5.73 Å². The molecule has 5 nitrogen and oxygen atoms in total. The molecule has 0 bridgehead atoms.